The fourth-order valence-electron chi connectivity index (χ4n) is 2.42. The van der Waals surface area contributed by atoms with Crippen LogP contribution in [0.15, 0.2) is 17.0 Å². The molecule has 25 heavy (non-hydrogen) atoms. The van der Waals surface area contributed by atoms with Crippen LogP contribution in [0.25, 0.3) is 0 Å². The number of hydrogen-bond acceptors (Lipinski definition) is 5. The zero-order valence-electron chi connectivity index (χ0n) is 15.1. The van der Waals surface area contributed by atoms with E-state index in [9.17, 15) is 21.6 Å². The number of benzene rings is 1. The highest BCUT2D eigenvalue weighted by Gasteiger charge is 2.24. The molecule has 2 N–H and O–H groups in total. The molecule has 10 heteroatoms. The van der Waals surface area contributed by atoms with Crippen LogP contribution in [0.5, 0.6) is 0 Å². The van der Waals surface area contributed by atoms with Crippen LogP contribution in [-0.2, 0) is 24.8 Å². The van der Waals surface area contributed by atoms with E-state index in [0.29, 0.717) is 23.4 Å². The minimum Gasteiger partial charge on any atom is -0.356 e. The van der Waals surface area contributed by atoms with Crippen LogP contribution in [0.1, 0.15) is 24.5 Å². The van der Waals surface area contributed by atoms with E-state index >= 15 is 0 Å². The summed E-state index contributed by atoms with van der Waals surface area (Å²) in [5.74, 6) is -0.247. The third kappa shape index (κ3) is 5.41. The number of sulfonamides is 2. The largest absolute Gasteiger partial charge is 0.356 e. The van der Waals surface area contributed by atoms with Crippen LogP contribution in [0.4, 0.5) is 5.69 Å². The Morgan fingerprint density at radius 3 is 2.28 bits per heavy atom. The zero-order valence-corrected chi connectivity index (χ0v) is 16.7. The van der Waals surface area contributed by atoms with E-state index < -0.39 is 20.0 Å². The Hall–Kier alpha value is -1.65. The molecule has 1 aromatic carbocycles. The van der Waals surface area contributed by atoms with Crippen molar-refractivity contribution in [2.45, 2.75) is 32.1 Å². The zero-order chi connectivity index (χ0) is 19.4. The monoisotopic (exact) mass is 391 g/mol. The molecular formula is C15H25N3O5S2. The maximum Gasteiger partial charge on any atom is 0.240 e. The molecule has 0 radical (unpaired) electrons. The van der Waals surface area contributed by atoms with Gasteiger partial charge < -0.3 is 5.32 Å². The maximum absolute atomic E-state index is 12.5. The summed E-state index contributed by atoms with van der Waals surface area (Å²) in [6.45, 7) is 5.48. The van der Waals surface area contributed by atoms with E-state index in [1.165, 1.54) is 13.1 Å². The van der Waals surface area contributed by atoms with E-state index in [1.54, 1.807) is 26.8 Å². The van der Waals surface area contributed by atoms with Gasteiger partial charge in [-0.05, 0) is 38.0 Å². The molecule has 142 valence electrons. The minimum atomic E-state index is -3.87. The Balaban J connectivity index is 3.15. The lowest BCUT2D eigenvalue weighted by atomic mass is 10.1. The van der Waals surface area contributed by atoms with Gasteiger partial charge >= 0.3 is 0 Å². The van der Waals surface area contributed by atoms with Gasteiger partial charge in [-0.3, -0.25) is 9.10 Å². The summed E-state index contributed by atoms with van der Waals surface area (Å²) in [6, 6.07) is 2.99. The number of aryl methyl sites for hydroxylation is 1. The van der Waals surface area contributed by atoms with E-state index in [-0.39, 0.29) is 23.8 Å². The fourth-order valence-corrected chi connectivity index (χ4v) is 4.31. The molecule has 0 saturated heterocycles. The van der Waals surface area contributed by atoms with Crippen molar-refractivity contribution in [3.05, 3.63) is 23.3 Å². The van der Waals surface area contributed by atoms with E-state index in [1.807, 2.05) is 0 Å². The van der Waals surface area contributed by atoms with E-state index in [2.05, 4.69) is 10.0 Å². The van der Waals surface area contributed by atoms with Gasteiger partial charge in [-0.1, -0.05) is 6.07 Å². The molecule has 0 fully saturated rings. The van der Waals surface area contributed by atoms with Crippen molar-refractivity contribution in [3.8, 4) is 0 Å². The van der Waals surface area contributed by atoms with Crippen molar-refractivity contribution < 1.29 is 21.6 Å². The lowest BCUT2D eigenvalue weighted by Gasteiger charge is -2.23. The van der Waals surface area contributed by atoms with Gasteiger partial charge in [0.25, 0.3) is 0 Å². The van der Waals surface area contributed by atoms with Crippen molar-refractivity contribution >= 4 is 31.6 Å². The first kappa shape index (κ1) is 21.4. The highest BCUT2D eigenvalue weighted by atomic mass is 32.2. The second-order valence-corrected chi connectivity index (χ2v) is 9.44. The lowest BCUT2D eigenvalue weighted by molar-refractivity contribution is -0.120. The first-order valence-corrected chi connectivity index (χ1v) is 11.1. The van der Waals surface area contributed by atoms with Crippen molar-refractivity contribution in [3.63, 3.8) is 0 Å². The Kier molecular flexibility index (Phi) is 6.98. The van der Waals surface area contributed by atoms with Gasteiger partial charge in [0.1, 0.15) is 0 Å². The fraction of sp³-hybridized carbons (Fsp3) is 0.533. The van der Waals surface area contributed by atoms with Crippen LogP contribution in [0.2, 0.25) is 0 Å². The van der Waals surface area contributed by atoms with Crippen molar-refractivity contribution in [1.29, 1.82) is 0 Å². The average molecular weight is 392 g/mol. The molecule has 0 aliphatic carbocycles. The SMILES string of the molecule is CCNC(=O)CCNS(=O)(=O)c1ccc(C)c(N(C)S(C)(=O)=O)c1C. The lowest BCUT2D eigenvalue weighted by Crippen LogP contribution is -2.31. The topological polar surface area (TPSA) is 113 Å². The van der Waals surface area contributed by atoms with Crippen LogP contribution in [0, 0.1) is 13.8 Å². The molecule has 8 nitrogen and oxygen atoms in total. The molecule has 1 amide bonds. The van der Waals surface area contributed by atoms with Gasteiger partial charge in [0.15, 0.2) is 0 Å². The van der Waals surface area contributed by atoms with Crippen molar-refractivity contribution in [1.82, 2.24) is 10.0 Å². The van der Waals surface area contributed by atoms with E-state index in [4.69, 9.17) is 0 Å². The molecule has 1 rings (SSSR count). The summed E-state index contributed by atoms with van der Waals surface area (Å²) in [4.78, 5) is 11.4. The van der Waals surface area contributed by atoms with Gasteiger partial charge in [-0.25, -0.2) is 21.6 Å². The Morgan fingerprint density at radius 2 is 1.76 bits per heavy atom. The quantitative estimate of drug-likeness (QED) is 0.670. The Labute approximate surface area is 149 Å². The standard InChI is InChI=1S/C15H25N3O5S2/c1-6-16-14(19)9-10-17-25(22,23)13-8-7-11(2)15(12(13)3)18(4)24(5,20)21/h7-8,17H,6,9-10H2,1-5H3,(H,16,19). The molecule has 0 saturated carbocycles. The Morgan fingerprint density at radius 1 is 1.16 bits per heavy atom. The van der Waals surface area contributed by atoms with Gasteiger partial charge in [-0.2, -0.15) is 0 Å². The molecule has 0 atom stereocenters. The number of rotatable bonds is 8. The highest BCUT2D eigenvalue weighted by molar-refractivity contribution is 7.92. The number of nitrogens with one attached hydrogen (secondary N) is 2. The maximum atomic E-state index is 12.5. The third-order valence-electron chi connectivity index (χ3n) is 3.70. The summed E-state index contributed by atoms with van der Waals surface area (Å²) in [5.41, 5.74) is 1.30. The summed E-state index contributed by atoms with van der Waals surface area (Å²) < 4.78 is 52.1. The summed E-state index contributed by atoms with van der Waals surface area (Å²) in [5, 5.41) is 2.58. The van der Waals surface area contributed by atoms with Crippen LogP contribution < -0.4 is 14.3 Å². The third-order valence-corrected chi connectivity index (χ3v) is 6.49. The predicted octanol–water partition coefficient (Wildman–Crippen LogP) is 0.504. The molecule has 0 spiro atoms. The van der Waals surface area contributed by atoms with Crippen molar-refractivity contribution in [2.24, 2.45) is 0 Å². The van der Waals surface area contributed by atoms with Gasteiger partial charge in [0.05, 0.1) is 16.8 Å². The number of carbonyl (C=O) groups excluding carboxylic acids is 1. The minimum absolute atomic E-state index is 0.0144. The van der Waals surface area contributed by atoms with Gasteiger partial charge in [-0.15, -0.1) is 0 Å². The van der Waals surface area contributed by atoms with Gasteiger partial charge in [0, 0.05) is 26.6 Å². The number of hydrogen-bond donors (Lipinski definition) is 2. The number of amides is 1. The second-order valence-electron chi connectivity index (χ2n) is 5.69. The molecule has 0 aliphatic rings. The van der Waals surface area contributed by atoms with E-state index in [0.717, 1.165) is 10.6 Å². The molecule has 0 unspecified atom stereocenters. The molecule has 0 heterocycles. The first-order valence-electron chi connectivity index (χ1n) is 7.72. The number of carbonyl (C=O) groups is 1. The number of anilines is 1. The molecular weight excluding hydrogens is 366 g/mol. The molecule has 0 bridgehead atoms. The molecule has 1 aromatic rings. The summed E-state index contributed by atoms with van der Waals surface area (Å²) >= 11 is 0. The summed E-state index contributed by atoms with van der Waals surface area (Å²) in [6.07, 6.45) is 1.08. The average Bonchev–Trinajstić information content (AvgIpc) is 2.45. The number of nitrogens with zero attached hydrogens (tertiary/aromatic N) is 1. The smallest absolute Gasteiger partial charge is 0.240 e. The highest BCUT2D eigenvalue weighted by Crippen LogP contribution is 2.30. The van der Waals surface area contributed by atoms with Crippen LogP contribution >= 0.6 is 0 Å². The normalized spacial score (nSPS) is 12.0. The van der Waals surface area contributed by atoms with Crippen molar-refractivity contribution in [2.75, 3.05) is 30.7 Å². The second kappa shape index (κ2) is 8.15. The predicted molar refractivity (Wildman–Crippen MR) is 97.7 cm³/mol. The van der Waals surface area contributed by atoms with Crippen LogP contribution in [0.3, 0.4) is 0 Å². The van der Waals surface area contributed by atoms with Crippen LogP contribution in [-0.4, -0.2) is 49.1 Å². The summed E-state index contributed by atoms with van der Waals surface area (Å²) in [7, 11) is -6.03. The Bertz CT molecular complexity index is 848. The molecule has 0 aromatic heterocycles. The van der Waals surface area contributed by atoms with Gasteiger partial charge in [0.2, 0.25) is 26.0 Å². The first-order chi connectivity index (χ1) is 11.4. The molecule has 0 aliphatic heterocycles.